The van der Waals surface area contributed by atoms with E-state index in [-0.39, 0.29) is 10.6 Å². The van der Waals surface area contributed by atoms with Gasteiger partial charge in [0.1, 0.15) is 5.69 Å². The summed E-state index contributed by atoms with van der Waals surface area (Å²) in [6.45, 7) is 2.47. The van der Waals surface area contributed by atoms with Gasteiger partial charge in [-0.15, -0.1) is 0 Å². The van der Waals surface area contributed by atoms with Crippen LogP contribution in [-0.4, -0.2) is 21.2 Å². The van der Waals surface area contributed by atoms with Crippen LogP contribution in [0.1, 0.15) is 11.3 Å². The Morgan fingerprint density at radius 1 is 1.42 bits per heavy atom. The zero-order chi connectivity index (χ0) is 13.8. The van der Waals surface area contributed by atoms with Crippen LogP contribution in [0.25, 0.3) is 0 Å². The Hall–Kier alpha value is -2.37. The van der Waals surface area contributed by atoms with Crippen molar-refractivity contribution < 1.29 is 4.92 Å². The molecule has 19 heavy (non-hydrogen) atoms. The van der Waals surface area contributed by atoms with E-state index in [2.05, 4.69) is 10.4 Å². The second kappa shape index (κ2) is 5.51. The predicted octanol–water partition coefficient (Wildman–Crippen LogP) is 2.29. The van der Waals surface area contributed by atoms with Gasteiger partial charge in [-0.05, 0) is 24.6 Å². The molecule has 2 rings (SSSR count). The van der Waals surface area contributed by atoms with Gasteiger partial charge in [0.25, 0.3) is 5.69 Å². The largest absolute Gasteiger partial charge is 0.379 e. The van der Waals surface area contributed by atoms with Gasteiger partial charge in [-0.25, -0.2) is 0 Å². The van der Waals surface area contributed by atoms with E-state index in [4.69, 9.17) is 0 Å². The number of rotatable bonds is 5. The number of nitro groups is 1. The third kappa shape index (κ3) is 3.09. The number of aromatic nitrogens is 2. The summed E-state index contributed by atoms with van der Waals surface area (Å²) in [5.74, 6) is 0. The molecule has 0 fully saturated rings. The maximum Gasteiger partial charge on any atom is 0.292 e. The van der Waals surface area contributed by atoms with Crippen molar-refractivity contribution in [3.05, 3.63) is 51.8 Å². The fourth-order valence-corrected chi connectivity index (χ4v) is 1.91. The lowest BCUT2D eigenvalue weighted by Crippen LogP contribution is -2.09. The molecule has 0 saturated heterocycles. The van der Waals surface area contributed by atoms with Crippen molar-refractivity contribution in [1.82, 2.24) is 9.78 Å². The van der Waals surface area contributed by atoms with Crippen molar-refractivity contribution in [2.24, 2.45) is 7.05 Å². The van der Waals surface area contributed by atoms with Crippen LogP contribution in [0, 0.1) is 17.0 Å². The minimum Gasteiger partial charge on any atom is -0.379 e. The molecule has 6 heteroatoms. The molecule has 100 valence electrons. The Bertz CT molecular complexity index is 592. The van der Waals surface area contributed by atoms with Gasteiger partial charge in [0.2, 0.25) is 0 Å². The number of anilines is 1. The lowest BCUT2D eigenvalue weighted by Gasteiger charge is -2.08. The Morgan fingerprint density at radius 3 is 2.84 bits per heavy atom. The monoisotopic (exact) mass is 260 g/mol. The normalized spacial score (nSPS) is 10.4. The van der Waals surface area contributed by atoms with Gasteiger partial charge in [-0.2, -0.15) is 5.10 Å². The minimum atomic E-state index is -0.362. The molecular weight excluding hydrogens is 244 g/mol. The van der Waals surface area contributed by atoms with Gasteiger partial charge >= 0.3 is 0 Å². The van der Waals surface area contributed by atoms with E-state index in [0.29, 0.717) is 12.2 Å². The van der Waals surface area contributed by atoms with E-state index in [1.54, 1.807) is 23.0 Å². The topological polar surface area (TPSA) is 73.0 Å². The summed E-state index contributed by atoms with van der Waals surface area (Å²) in [6, 6.07) is 7.12. The lowest BCUT2D eigenvalue weighted by atomic mass is 10.2. The average Bonchev–Trinajstić information content (AvgIpc) is 2.77. The standard InChI is InChI=1S/C13H16N4O2/c1-10-3-4-12(13(9-10)17(18)19)14-7-5-11-6-8-15-16(11)2/h3-4,6,8-9,14H,5,7H2,1-2H3. The molecule has 0 aliphatic carbocycles. The molecule has 0 unspecified atom stereocenters. The van der Waals surface area contributed by atoms with Crippen LogP contribution in [0.2, 0.25) is 0 Å². The Kier molecular flexibility index (Phi) is 3.79. The smallest absolute Gasteiger partial charge is 0.292 e. The van der Waals surface area contributed by atoms with Crippen LogP contribution in [0.4, 0.5) is 11.4 Å². The fourth-order valence-electron chi connectivity index (χ4n) is 1.91. The second-order valence-corrected chi connectivity index (χ2v) is 4.40. The molecular formula is C13H16N4O2. The maximum atomic E-state index is 11.0. The zero-order valence-electron chi connectivity index (χ0n) is 11.0. The summed E-state index contributed by atoms with van der Waals surface area (Å²) in [4.78, 5) is 10.6. The first kappa shape index (κ1) is 13.1. The highest BCUT2D eigenvalue weighted by Gasteiger charge is 2.13. The molecule has 0 radical (unpaired) electrons. The number of nitrogens with zero attached hydrogens (tertiary/aromatic N) is 3. The molecule has 0 amide bonds. The summed E-state index contributed by atoms with van der Waals surface area (Å²) in [5, 5.41) is 18.2. The maximum absolute atomic E-state index is 11.0. The number of nitrogens with one attached hydrogen (secondary N) is 1. The van der Waals surface area contributed by atoms with E-state index < -0.39 is 0 Å². The Morgan fingerprint density at radius 2 is 2.21 bits per heavy atom. The van der Waals surface area contributed by atoms with Crippen molar-refractivity contribution in [2.75, 3.05) is 11.9 Å². The number of nitro benzene ring substituents is 1. The predicted molar refractivity (Wildman–Crippen MR) is 73.2 cm³/mol. The molecule has 1 heterocycles. The van der Waals surface area contributed by atoms with Gasteiger partial charge in [0, 0.05) is 38.0 Å². The molecule has 0 atom stereocenters. The van der Waals surface area contributed by atoms with E-state index >= 15 is 0 Å². The molecule has 6 nitrogen and oxygen atoms in total. The molecule has 2 aromatic rings. The number of benzene rings is 1. The third-order valence-electron chi connectivity index (χ3n) is 2.97. The molecule has 0 saturated carbocycles. The molecule has 1 N–H and O–H groups in total. The van der Waals surface area contributed by atoms with Gasteiger partial charge in [-0.3, -0.25) is 14.8 Å². The highest BCUT2D eigenvalue weighted by Crippen LogP contribution is 2.25. The number of hydrogen-bond acceptors (Lipinski definition) is 4. The SMILES string of the molecule is Cc1ccc(NCCc2ccnn2C)c([N+](=O)[O-])c1. The first-order valence-corrected chi connectivity index (χ1v) is 6.03. The van der Waals surface area contributed by atoms with E-state index in [9.17, 15) is 10.1 Å². The van der Waals surface area contributed by atoms with E-state index in [1.807, 2.05) is 26.1 Å². The zero-order valence-corrected chi connectivity index (χ0v) is 11.0. The van der Waals surface area contributed by atoms with Crippen molar-refractivity contribution in [1.29, 1.82) is 0 Å². The van der Waals surface area contributed by atoms with Gasteiger partial charge in [-0.1, -0.05) is 6.07 Å². The quantitative estimate of drug-likeness (QED) is 0.661. The Labute approximate surface area is 111 Å². The molecule has 1 aromatic carbocycles. The van der Waals surface area contributed by atoms with Crippen LogP contribution in [-0.2, 0) is 13.5 Å². The summed E-state index contributed by atoms with van der Waals surface area (Å²) in [6.07, 6.45) is 2.51. The van der Waals surface area contributed by atoms with Crippen molar-refractivity contribution in [3.63, 3.8) is 0 Å². The van der Waals surface area contributed by atoms with Crippen LogP contribution in [0.15, 0.2) is 30.5 Å². The van der Waals surface area contributed by atoms with Crippen molar-refractivity contribution >= 4 is 11.4 Å². The Balaban J connectivity index is 2.03. The van der Waals surface area contributed by atoms with Crippen LogP contribution in [0.3, 0.4) is 0 Å². The summed E-state index contributed by atoms with van der Waals surface area (Å²) >= 11 is 0. The van der Waals surface area contributed by atoms with Crippen molar-refractivity contribution in [2.45, 2.75) is 13.3 Å². The summed E-state index contributed by atoms with van der Waals surface area (Å²) in [5.41, 5.74) is 2.63. The second-order valence-electron chi connectivity index (χ2n) is 4.40. The fraction of sp³-hybridized carbons (Fsp3) is 0.308. The van der Waals surface area contributed by atoms with Gasteiger partial charge < -0.3 is 5.32 Å². The van der Waals surface area contributed by atoms with Crippen LogP contribution < -0.4 is 5.32 Å². The van der Waals surface area contributed by atoms with E-state index in [1.165, 1.54) is 0 Å². The van der Waals surface area contributed by atoms with Gasteiger partial charge in [0.05, 0.1) is 4.92 Å². The highest BCUT2D eigenvalue weighted by molar-refractivity contribution is 5.62. The van der Waals surface area contributed by atoms with Crippen molar-refractivity contribution in [3.8, 4) is 0 Å². The van der Waals surface area contributed by atoms with Crippen LogP contribution in [0.5, 0.6) is 0 Å². The molecule has 1 aromatic heterocycles. The van der Waals surface area contributed by atoms with Crippen LogP contribution >= 0.6 is 0 Å². The summed E-state index contributed by atoms with van der Waals surface area (Å²) < 4.78 is 1.80. The molecule has 0 spiro atoms. The molecule has 0 bridgehead atoms. The highest BCUT2D eigenvalue weighted by atomic mass is 16.6. The lowest BCUT2D eigenvalue weighted by molar-refractivity contribution is -0.384. The third-order valence-corrected chi connectivity index (χ3v) is 2.97. The average molecular weight is 260 g/mol. The molecule has 0 aliphatic rings. The molecule has 0 aliphatic heterocycles. The van der Waals surface area contributed by atoms with Gasteiger partial charge in [0.15, 0.2) is 0 Å². The number of aryl methyl sites for hydroxylation is 2. The summed E-state index contributed by atoms with van der Waals surface area (Å²) in [7, 11) is 1.88. The first-order chi connectivity index (χ1) is 9.08. The van der Waals surface area contributed by atoms with E-state index in [0.717, 1.165) is 17.7 Å². The number of hydrogen-bond donors (Lipinski definition) is 1. The minimum absolute atomic E-state index is 0.116. The first-order valence-electron chi connectivity index (χ1n) is 6.03.